The second-order valence-electron chi connectivity index (χ2n) is 8.21. The molecule has 3 aliphatic rings. The molecule has 5 heteroatoms. The zero-order valence-corrected chi connectivity index (χ0v) is 15.4. The summed E-state index contributed by atoms with van der Waals surface area (Å²) >= 11 is 0. The number of nitrogens with one attached hydrogen (secondary N) is 1. The molecule has 0 aromatic heterocycles. The minimum absolute atomic E-state index is 0.427. The van der Waals surface area contributed by atoms with Crippen molar-refractivity contribution in [1.29, 1.82) is 0 Å². The van der Waals surface area contributed by atoms with Crippen LogP contribution in [-0.2, 0) is 21.2 Å². The van der Waals surface area contributed by atoms with Crippen LogP contribution in [0.5, 0.6) is 0 Å². The lowest BCUT2D eigenvalue weighted by Gasteiger charge is -2.45. The smallest absolute Gasteiger partial charge is 0.217 e. The Morgan fingerprint density at radius 3 is 2.42 bits per heavy atom. The number of rotatable bonds is 3. The van der Waals surface area contributed by atoms with Gasteiger partial charge in [-0.25, -0.2) is 8.42 Å². The summed E-state index contributed by atoms with van der Waals surface area (Å²) < 4.78 is 33.2. The summed E-state index contributed by atoms with van der Waals surface area (Å²) in [6, 6.07) is 6.47. The minimum atomic E-state index is -3.43. The van der Waals surface area contributed by atoms with Crippen LogP contribution in [0.2, 0.25) is 0 Å². The maximum absolute atomic E-state index is 12.8. The highest BCUT2D eigenvalue weighted by molar-refractivity contribution is 7.90. The van der Waals surface area contributed by atoms with E-state index in [2.05, 4.69) is 22.9 Å². The SMILES string of the molecule is CC(C)(C)S(=O)(=O)NC1(C2=c3cccc4c3=C(CC2)CC4)COC1. The van der Waals surface area contributed by atoms with Crippen molar-refractivity contribution in [2.45, 2.75) is 56.7 Å². The van der Waals surface area contributed by atoms with Crippen LogP contribution in [0.3, 0.4) is 0 Å². The summed E-state index contributed by atoms with van der Waals surface area (Å²) in [7, 11) is -3.43. The quantitative estimate of drug-likeness (QED) is 0.894. The van der Waals surface area contributed by atoms with E-state index in [4.69, 9.17) is 4.74 Å². The number of hydrogen-bond acceptors (Lipinski definition) is 3. The van der Waals surface area contributed by atoms with Gasteiger partial charge >= 0.3 is 0 Å². The normalized spacial score (nSPS) is 22.3. The van der Waals surface area contributed by atoms with Gasteiger partial charge in [-0.15, -0.1) is 0 Å². The van der Waals surface area contributed by atoms with Crippen LogP contribution in [0.15, 0.2) is 18.2 Å². The summed E-state index contributed by atoms with van der Waals surface area (Å²) in [5, 5.41) is 2.63. The van der Waals surface area contributed by atoms with Crippen molar-refractivity contribution in [1.82, 2.24) is 4.72 Å². The number of hydrogen-bond donors (Lipinski definition) is 1. The Morgan fingerprint density at radius 2 is 1.79 bits per heavy atom. The van der Waals surface area contributed by atoms with Crippen LogP contribution < -0.4 is 15.2 Å². The van der Waals surface area contributed by atoms with E-state index in [0.717, 1.165) is 25.7 Å². The molecule has 24 heavy (non-hydrogen) atoms. The van der Waals surface area contributed by atoms with E-state index in [1.54, 1.807) is 26.3 Å². The maximum Gasteiger partial charge on any atom is 0.217 e. The van der Waals surface area contributed by atoms with Crippen molar-refractivity contribution in [2.24, 2.45) is 0 Å². The zero-order valence-electron chi connectivity index (χ0n) is 14.6. The molecule has 0 unspecified atom stereocenters. The van der Waals surface area contributed by atoms with Crippen molar-refractivity contribution in [3.05, 3.63) is 34.2 Å². The molecule has 1 aliphatic heterocycles. The van der Waals surface area contributed by atoms with E-state index in [9.17, 15) is 8.42 Å². The average Bonchev–Trinajstić information content (AvgIpc) is 2.88. The second-order valence-corrected chi connectivity index (χ2v) is 10.7. The third-order valence-electron chi connectivity index (χ3n) is 5.61. The molecule has 0 bridgehead atoms. The average molecular weight is 347 g/mol. The van der Waals surface area contributed by atoms with E-state index in [1.165, 1.54) is 21.6 Å². The van der Waals surface area contributed by atoms with Gasteiger partial charge in [0.15, 0.2) is 0 Å². The molecule has 1 saturated heterocycles. The van der Waals surface area contributed by atoms with Gasteiger partial charge in [-0.1, -0.05) is 23.8 Å². The van der Waals surface area contributed by atoms with Gasteiger partial charge in [0, 0.05) is 0 Å². The Labute approximate surface area is 143 Å². The molecule has 4 rings (SSSR count). The van der Waals surface area contributed by atoms with Crippen LogP contribution >= 0.6 is 0 Å². The fraction of sp³-hybridized carbons (Fsp3) is 0.579. The van der Waals surface area contributed by atoms with Crippen LogP contribution in [0.4, 0.5) is 0 Å². The van der Waals surface area contributed by atoms with Gasteiger partial charge < -0.3 is 4.74 Å². The minimum Gasteiger partial charge on any atom is -0.377 e. The topological polar surface area (TPSA) is 55.4 Å². The molecule has 0 atom stereocenters. The summed E-state index contributed by atoms with van der Waals surface area (Å²) in [5.41, 5.74) is 3.59. The molecule has 1 heterocycles. The number of sulfonamides is 1. The lowest BCUT2D eigenvalue weighted by Crippen LogP contribution is -2.66. The molecule has 1 aromatic carbocycles. The maximum atomic E-state index is 12.8. The first-order valence-corrected chi connectivity index (χ1v) is 10.2. The third-order valence-corrected chi connectivity index (χ3v) is 7.88. The lowest BCUT2D eigenvalue weighted by molar-refractivity contribution is -0.0332. The van der Waals surface area contributed by atoms with E-state index >= 15 is 0 Å². The molecule has 1 aromatic rings. The van der Waals surface area contributed by atoms with Crippen LogP contribution in [-0.4, -0.2) is 31.9 Å². The highest BCUT2D eigenvalue weighted by atomic mass is 32.2. The van der Waals surface area contributed by atoms with E-state index in [0.29, 0.717) is 13.2 Å². The predicted molar refractivity (Wildman–Crippen MR) is 95.4 cm³/mol. The molecule has 0 amide bonds. The Hall–Kier alpha value is -1.17. The van der Waals surface area contributed by atoms with Gasteiger partial charge in [-0.05, 0) is 68.0 Å². The van der Waals surface area contributed by atoms with Gasteiger partial charge in [0.2, 0.25) is 10.0 Å². The summed E-state index contributed by atoms with van der Waals surface area (Å²) in [4.78, 5) is 0. The predicted octanol–water partition coefficient (Wildman–Crippen LogP) is 1.21. The van der Waals surface area contributed by atoms with Gasteiger partial charge in [-0.2, -0.15) is 4.72 Å². The summed E-state index contributed by atoms with van der Waals surface area (Å²) in [5.74, 6) is 0. The second kappa shape index (κ2) is 5.16. The third kappa shape index (κ3) is 2.29. The molecule has 4 nitrogen and oxygen atoms in total. The number of benzene rings is 1. The molecular formula is C19H25NO3S. The van der Waals surface area contributed by atoms with Gasteiger partial charge in [0.05, 0.1) is 18.0 Å². The molecule has 0 saturated carbocycles. The Morgan fingerprint density at radius 1 is 1.08 bits per heavy atom. The molecule has 0 radical (unpaired) electrons. The largest absolute Gasteiger partial charge is 0.377 e. The fourth-order valence-electron chi connectivity index (χ4n) is 4.06. The standard InChI is InChI=1S/C19H25NO3S/c1-18(2,3)24(21,22)20-19(11-23-12-19)16-10-9-14-8-7-13-5-4-6-15(16)17(13)14/h4-6,20H,7-12H2,1-3H3. The molecule has 1 N–H and O–H groups in total. The molecule has 1 fully saturated rings. The van der Waals surface area contributed by atoms with Crippen molar-refractivity contribution in [3.8, 4) is 0 Å². The molecule has 2 aliphatic carbocycles. The molecule has 0 spiro atoms. The Bertz CT molecular complexity index is 918. The van der Waals surface area contributed by atoms with Gasteiger partial charge in [-0.3, -0.25) is 0 Å². The Kier molecular flexibility index (Phi) is 3.51. The van der Waals surface area contributed by atoms with Gasteiger partial charge in [0.25, 0.3) is 0 Å². The van der Waals surface area contributed by atoms with Crippen LogP contribution in [0.25, 0.3) is 11.1 Å². The van der Waals surface area contributed by atoms with Crippen molar-refractivity contribution in [2.75, 3.05) is 13.2 Å². The highest BCUT2D eigenvalue weighted by Gasteiger charge is 2.48. The fourth-order valence-corrected chi connectivity index (χ4v) is 5.12. The first-order valence-electron chi connectivity index (χ1n) is 8.68. The van der Waals surface area contributed by atoms with Crippen LogP contribution in [0.1, 0.15) is 45.6 Å². The highest BCUT2D eigenvalue weighted by Crippen LogP contribution is 2.35. The lowest BCUT2D eigenvalue weighted by atomic mass is 9.80. The van der Waals surface area contributed by atoms with E-state index < -0.39 is 20.3 Å². The van der Waals surface area contributed by atoms with E-state index in [-0.39, 0.29) is 0 Å². The first-order chi connectivity index (χ1) is 11.2. The Balaban J connectivity index is 1.89. The van der Waals surface area contributed by atoms with Crippen molar-refractivity contribution >= 4 is 21.2 Å². The van der Waals surface area contributed by atoms with Crippen LogP contribution in [0, 0.1) is 0 Å². The van der Waals surface area contributed by atoms with Crippen molar-refractivity contribution < 1.29 is 13.2 Å². The zero-order chi connectivity index (χ0) is 17.2. The summed E-state index contributed by atoms with van der Waals surface area (Å²) in [6.07, 6.45) is 4.22. The number of ether oxygens (including phenoxy) is 1. The van der Waals surface area contributed by atoms with Crippen molar-refractivity contribution in [3.63, 3.8) is 0 Å². The molecular weight excluding hydrogens is 322 g/mol. The first kappa shape index (κ1) is 16.3. The van der Waals surface area contributed by atoms with Gasteiger partial charge in [0.1, 0.15) is 5.54 Å². The number of aryl methyl sites for hydroxylation is 1. The van der Waals surface area contributed by atoms with E-state index in [1.807, 2.05) is 0 Å². The molecule has 130 valence electrons. The summed E-state index contributed by atoms with van der Waals surface area (Å²) in [6.45, 7) is 6.06. The monoisotopic (exact) mass is 347 g/mol.